The lowest BCUT2D eigenvalue weighted by molar-refractivity contribution is -0.137. The van der Waals surface area contributed by atoms with Gasteiger partial charge in [0.25, 0.3) is 5.91 Å². The number of allylic oxidation sites excluding steroid dienone is 1. The Kier molecular flexibility index (Phi) is 4.16. The van der Waals surface area contributed by atoms with Gasteiger partial charge < -0.3 is 15.6 Å². The molecule has 1 aromatic heterocycles. The average molecular weight is 347 g/mol. The van der Waals surface area contributed by atoms with E-state index in [1.807, 2.05) is 13.0 Å². The molecule has 0 aliphatic carbocycles. The molecule has 1 aliphatic rings. The topological polar surface area (TPSA) is 60.1 Å². The summed E-state index contributed by atoms with van der Waals surface area (Å²) in [5.41, 5.74) is 7.69. The third-order valence-electron chi connectivity index (χ3n) is 3.91. The fourth-order valence-corrected chi connectivity index (χ4v) is 2.72. The van der Waals surface area contributed by atoms with E-state index in [4.69, 9.17) is 5.73 Å². The number of benzene rings is 1. The van der Waals surface area contributed by atoms with Crippen LogP contribution in [0.1, 0.15) is 40.7 Å². The molecule has 3 N–H and O–H groups in total. The Balaban J connectivity index is 2.07. The van der Waals surface area contributed by atoms with Gasteiger partial charge in [-0.3, -0.25) is 4.79 Å². The number of rotatable bonds is 3. The number of amides is 1. The van der Waals surface area contributed by atoms with Gasteiger partial charge in [-0.25, -0.2) is 0 Å². The molecule has 0 unspecified atom stereocenters. The fraction of sp³-hybridized carbons (Fsp3) is 0.167. The van der Waals surface area contributed by atoms with Gasteiger partial charge in [-0.1, -0.05) is 25.1 Å². The fourth-order valence-electron chi connectivity index (χ4n) is 2.72. The first-order chi connectivity index (χ1) is 11.8. The number of halogens is 3. The largest absolute Gasteiger partial charge is 0.416 e. The number of nitrogens with two attached hydrogens (primary N) is 1. The molecule has 0 bridgehead atoms. The zero-order valence-corrected chi connectivity index (χ0v) is 13.4. The summed E-state index contributed by atoms with van der Waals surface area (Å²) in [6.07, 6.45) is -0.0364. The van der Waals surface area contributed by atoms with Crippen molar-refractivity contribution in [1.82, 2.24) is 9.88 Å². The minimum absolute atomic E-state index is 0.308. The summed E-state index contributed by atoms with van der Waals surface area (Å²) in [5, 5.41) is 3.21. The van der Waals surface area contributed by atoms with Crippen molar-refractivity contribution >= 4 is 23.5 Å². The zero-order chi connectivity index (χ0) is 18.2. The number of fused-ring (bicyclic) bond motifs is 1. The molecule has 1 aliphatic heterocycles. The van der Waals surface area contributed by atoms with Gasteiger partial charge in [0.2, 0.25) is 0 Å². The number of nitrogens with one attached hydrogen (secondary N) is 1. The van der Waals surface area contributed by atoms with Gasteiger partial charge in [-0.05, 0) is 36.2 Å². The van der Waals surface area contributed by atoms with Crippen molar-refractivity contribution < 1.29 is 18.0 Å². The molecule has 7 heteroatoms. The van der Waals surface area contributed by atoms with Crippen LogP contribution in [0.2, 0.25) is 0 Å². The van der Waals surface area contributed by atoms with Crippen molar-refractivity contribution in [2.24, 2.45) is 5.73 Å². The van der Waals surface area contributed by atoms with Crippen molar-refractivity contribution in [3.8, 4) is 0 Å². The van der Waals surface area contributed by atoms with Crippen LogP contribution in [0.15, 0.2) is 42.5 Å². The van der Waals surface area contributed by atoms with Gasteiger partial charge >= 0.3 is 6.18 Å². The number of alkyl halides is 3. The summed E-state index contributed by atoms with van der Waals surface area (Å²) in [7, 11) is 0. The highest BCUT2D eigenvalue weighted by atomic mass is 19.4. The Bertz CT molecular complexity index is 874. The SMILES string of the molecule is CC/C=C1/NC(c2ccc(C(F)(F)F)cc2)=Cn2c(C(N)=O)ccc21. The van der Waals surface area contributed by atoms with Crippen molar-refractivity contribution in [2.45, 2.75) is 19.5 Å². The Morgan fingerprint density at radius 3 is 2.44 bits per heavy atom. The van der Waals surface area contributed by atoms with Crippen LogP contribution < -0.4 is 11.1 Å². The molecule has 3 rings (SSSR count). The normalized spacial score (nSPS) is 15.5. The first kappa shape index (κ1) is 16.9. The Morgan fingerprint density at radius 2 is 1.88 bits per heavy atom. The maximum Gasteiger partial charge on any atom is 0.416 e. The van der Waals surface area contributed by atoms with Crippen LogP contribution >= 0.6 is 0 Å². The third kappa shape index (κ3) is 3.17. The van der Waals surface area contributed by atoms with Crippen LogP contribution in [0.5, 0.6) is 0 Å². The lowest BCUT2D eigenvalue weighted by Gasteiger charge is -2.22. The van der Waals surface area contributed by atoms with E-state index in [9.17, 15) is 18.0 Å². The van der Waals surface area contributed by atoms with Crippen molar-refractivity contribution in [1.29, 1.82) is 0 Å². The molecule has 0 atom stereocenters. The molecule has 1 aromatic carbocycles. The maximum atomic E-state index is 12.7. The number of aromatic nitrogens is 1. The highest BCUT2D eigenvalue weighted by Gasteiger charge is 2.30. The number of hydrogen-bond donors (Lipinski definition) is 2. The van der Waals surface area contributed by atoms with Crippen LogP contribution in [-0.2, 0) is 6.18 Å². The van der Waals surface area contributed by atoms with Crippen LogP contribution in [0.4, 0.5) is 13.2 Å². The van der Waals surface area contributed by atoms with E-state index in [0.717, 1.165) is 29.9 Å². The highest BCUT2D eigenvalue weighted by Crippen LogP contribution is 2.32. The summed E-state index contributed by atoms with van der Waals surface area (Å²) < 4.78 is 39.8. The molecule has 0 saturated heterocycles. The molecule has 0 fully saturated rings. The lowest BCUT2D eigenvalue weighted by atomic mass is 10.1. The summed E-state index contributed by atoms with van der Waals surface area (Å²) in [6.45, 7) is 1.97. The van der Waals surface area contributed by atoms with E-state index in [0.29, 0.717) is 17.0 Å². The molecule has 0 spiro atoms. The summed E-state index contributed by atoms with van der Waals surface area (Å²) in [6, 6.07) is 8.24. The minimum Gasteiger partial charge on any atom is -0.364 e. The summed E-state index contributed by atoms with van der Waals surface area (Å²) >= 11 is 0. The molecule has 2 aromatic rings. The van der Waals surface area contributed by atoms with Crippen LogP contribution in [0, 0.1) is 0 Å². The zero-order valence-electron chi connectivity index (χ0n) is 13.4. The first-order valence-corrected chi connectivity index (χ1v) is 7.69. The number of hydrogen-bond acceptors (Lipinski definition) is 2. The highest BCUT2D eigenvalue weighted by molar-refractivity contribution is 5.96. The van der Waals surface area contributed by atoms with Crippen LogP contribution in [0.25, 0.3) is 17.6 Å². The van der Waals surface area contributed by atoms with Crippen molar-refractivity contribution in [3.63, 3.8) is 0 Å². The van der Waals surface area contributed by atoms with Crippen LogP contribution in [-0.4, -0.2) is 10.5 Å². The van der Waals surface area contributed by atoms with Gasteiger partial charge in [0.05, 0.1) is 22.7 Å². The second-order valence-corrected chi connectivity index (χ2v) is 5.61. The standard InChI is InChI=1S/C18H16F3N3O/c1-2-3-13-15-8-9-16(17(22)25)24(15)10-14(23-13)11-4-6-12(7-5-11)18(19,20)21/h3-10,23H,2H2,1H3,(H2,22,25)/b13-3+. The van der Waals surface area contributed by atoms with Gasteiger partial charge in [0, 0.05) is 6.20 Å². The first-order valence-electron chi connectivity index (χ1n) is 7.69. The second-order valence-electron chi connectivity index (χ2n) is 5.61. The van der Waals surface area contributed by atoms with Gasteiger partial charge in [-0.15, -0.1) is 0 Å². The lowest BCUT2D eigenvalue weighted by Crippen LogP contribution is -2.22. The van der Waals surface area contributed by atoms with E-state index in [-0.39, 0.29) is 0 Å². The average Bonchev–Trinajstić information content (AvgIpc) is 2.99. The molecule has 25 heavy (non-hydrogen) atoms. The molecule has 2 heterocycles. The van der Waals surface area contributed by atoms with Crippen molar-refractivity contribution in [2.75, 3.05) is 0 Å². The van der Waals surface area contributed by atoms with Gasteiger partial charge in [0.1, 0.15) is 5.69 Å². The van der Waals surface area contributed by atoms with Crippen LogP contribution in [0.3, 0.4) is 0 Å². The second kappa shape index (κ2) is 6.16. The van der Waals surface area contributed by atoms with E-state index in [2.05, 4.69) is 5.32 Å². The molecule has 130 valence electrons. The third-order valence-corrected chi connectivity index (χ3v) is 3.91. The van der Waals surface area contributed by atoms with Crippen molar-refractivity contribution in [3.05, 3.63) is 65.0 Å². The minimum atomic E-state index is -4.38. The molecular weight excluding hydrogens is 331 g/mol. The summed E-state index contributed by atoms with van der Waals surface area (Å²) in [5.74, 6) is -0.577. The number of nitrogens with zero attached hydrogens (tertiary/aromatic N) is 1. The van der Waals surface area contributed by atoms with E-state index in [1.165, 1.54) is 12.1 Å². The van der Waals surface area contributed by atoms with Gasteiger partial charge in [-0.2, -0.15) is 13.2 Å². The maximum absolute atomic E-state index is 12.7. The summed E-state index contributed by atoms with van der Waals surface area (Å²) in [4.78, 5) is 11.6. The quantitative estimate of drug-likeness (QED) is 0.884. The number of primary amides is 1. The van der Waals surface area contributed by atoms with E-state index < -0.39 is 17.6 Å². The predicted octanol–water partition coefficient (Wildman–Crippen LogP) is 3.92. The Morgan fingerprint density at radius 1 is 1.20 bits per heavy atom. The van der Waals surface area contributed by atoms with E-state index >= 15 is 0 Å². The predicted molar refractivity (Wildman–Crippen MR) is 90.0 cm³/mol. The molecular formula is C18H16F3N3O. The molecule has 0 radical (unpaired) electrons. The van der Waals surface area contributed by atoms with E-state index in [1.54, 1.807) is 22.9 Å². The van der Waals surface area contributed by atoms with Gasteiger partial charge in [0.15, 0.2) is 0 Å². The Hall–Kier alpha value is -2.96. The smallest absolute Gasteiger partial charge is 0.364 e. The Labute approximate surface area is 142 Å². The monoisotopic (exact) mass is 347 g/mol. The molecule has 1 amide bonds. The molecule has 4 nitrogen and oxygen atoms in total. The molecule has 0 saturated carbocycles. The number of carbonyl (C=O) groups excluding carboxylic acids is 1. The number of carbonyl (C=O) groups is 1.